The molecule has 0 aliphatic carbocycles. The molecule has 0 aliphatic heterocycles. The van der Waals surface area contributed by atoms with Crippen LogP contribution in [0.2, 0.25) is 0 Å². The fraction of sp³-hybridized carbons (Fsp3) is 0. The Labute approximate surface area is 123 Å². The van der Waals surface area contributed by atoms with Crippen molar-refractivity contribution in [1.29, 1.82) is 0 Å². The molecule has 6 N–H and O–H groups in total. The Morgan fingerprint density at radius 1 is 1.24 bits per heavy atom. The van der Waals surface area contributed by atoms with Gasteiger partial charge in [-0.05, 0) is 29.1 Å². The molecular weight excluding hydrogens is 292 g/mol. The van der Waals surface area contributed by atoms with Gasteiger partial charge in [-0.1, -0.05) is 6.07 Å². The average molecular weight is 304 g/mol. The number of nitrogens with zero attached hydrogens (tertiary/aromatic N) is 3. The summed E-state index contributed by atoms with van der Waals surface area (Å²) in [5, 5.41) is 12.9. The maximum atomic E-state index is 11.0. The summed E-state index contributed by atoms with van der Waals surface area (Å²) in [6, 6.07) is 8.38. The number of hydrogen-bond acceptors (Lipinski definition) is 4. The van der Waals surface area contributed by atoms with E-state index >= 15 is 0 Å². The van der Waals surface area contributed by atoms with Crippen LogP contribution in [0, 0.1) is 10.1 Å². The van der Waals surface area contributed by atoms with Crippen molar-refractivity contribution in [1.82, 2.24) is 0 Å². The van der Waals surface area contributed by atoms with Crippen LogP contribution in [0.1, 0.15) is 0 Å². The normalized spacial score (nSPS) is 11.1. The van der Waals surface area contributed by atoms with Crippen LogP contribution in [0.3, 0.4) is 0 Å². The van der Waals surface area contributed by atoms with Gasteiger partial charge < -0.3 is 17.2 Å². The maximum absolute atomic E-state index is 11.0. The van der Waals surface area contributed by atoms with Crippen LogP contribution >= 0.6 is 11.3 Å². The summed E-state index contributed by atoms with van der Waals surface area (Å²) in [5.74, 6) is -0.519. The molecule has 0 aliphatic rings. The van der Waals surface area contributed by atoms with Crippen molar-refractivity contribution >= 4 is 34.6 Å². The fourth-order valence-electron chi connectivity index (χ4n) is 1.64. The molecule has 0 saturated heterocycles. The fourth-order valence-corrected chi connectivity index (χ4v) is 2.37. The zero-order chi connectivity index (χ0) is 15.4. The van der Waals surface area contributed by atoms with E-state index in [9.17, 15) is 10.1 Å². The number of rotatable bonds is 3. The van der Waals surface area contributed by atoms with Gasteiger partial charge in [0.1, 0.15) is 5.69 Å². The number of nitrogens with two attached hydrogens (primary N) is 3. The molecule has 9 heteroatoms. The molecule has 2 rings (SSSR count). The van der Waals surface area contributed by atoms with Crippen molar-refractivity contribution in [2.24, 2.45) is 27.2 Å². The lowest BCUT2D eigenvalue weighted by molar-refractivity contribution is -0.384. The molecule has 108 valence electrons. The molecule has 1 heterocycles. The first kappa shape index (κ1) is 14.5. The van der Waals surface area contributed by atoms with Crippen LogP contribution in [0.5, 0.6) is 0 Å². The predicted molar refractivity (Wildman–Crippen MR) is 83.5 cm³/mol. The van der Waals surface area contributed by atoms with E-state index in [0.29, 0.717) is 0 Å². The molecule has 0 unspecified atom stereocenters. The second-order valence-corrected chi connectivity index (χ2v) is 4.89. The number of benzene rings is 1. The second kappa shape index (κ2) is 6.01. The van der Waals surface area contributed by atoms with Gasteiger partial charge in [0.05, 0.1) is 4.92 Å². The number of aliphatic imine (C=N–C) groups is 2. The standard InChI is InChI=1S/C12H12N6O2S/c13-11(14)17-12(15)16-8-6-7(10-2-1-5-21-10)3-4-9(8)18(19)20/h1-6H,(H6,13,14,15,16,17). The van der Waals surface area contributed by atoms with Gasteiger partial charge in [0.2, 0.25) is 5.96 Å². The molecule has 1 aromatic carbocycles. The predicted octanol–water partition coefficient (Wildman–Crippen LogP) is 1.54. The van der Waals surface area contributed by atoms with E-state index in [-0.39, 0.29) is 23.3 Å². The largest absolute Gasteiger partial charge is 0.370 e. The van der Waals surface area contributed by atoms with Gasteiger partial charge >= 0.3 is 0 Å². The first-order chi connectivity index (χ1) is 9.97. The summed E-state index contributed by atoms with van der Waals surface area (Å²) in [6.45, 7) is 0. The number of hydrogen-bond donors (Lipinski definition) is 3. The van der Waals surface area contributed by atoms with Crippen molar-refractivity contribution in [2.75, 3.05) is 0 Å². The van der Waals surface area contributed by atoms with E-state index in [4.69, 9.17) is 17.2 Å². The van der Waals surface area contributed by atoms with E-state index < -0.39 is 4.92 Å². The summed E-state index contributed by atoms with van der Waals surface area (Å²) in [4.78, 5) is 18.9. The summed E-state index contributed by atoms with van der Waals surface area (Å²) >= 11 is 1.51. The van der Waals surface area contributed by atoms with E-state index in [1.54, 1.807) is 12.1 Å². The van der Waals surface area contributed by atoms with Gasteiger partial charge in [-0.2, -0.15) is 4.99 Å². The molecule has 0 spiro atoms. The minimum absolute atomic E-state index is 0.0911. The SMILES string of the molecule is NC(N)=NC(N)=Nc1cc(-c2cccs2)ccc1[N+](=O)[O-]. The van der Waals surface area contributed by atoms with Crippen LogP contribution in [-0.4, -0.2) is 16.8 Å². The third kappa shape index (κ3) is 3.54. The summed E-state index contributed by atoms with van der Waals surface area (Å²) in [5.41, 5.74) is 16.6. The summed E-state index contributed by atoms with van der Waals surface area (Å²) in [6.07, 6.45) is 0. The molecule has 8 nitrogen and oxygen atoms in total. The van der Waals surface area contributed by atoms with E-state index in [2.05, 4.69) is 9.98 Å². The molecule has 0 bridgehead atoms. The molecule has 0 amide bonds. The Morgan fingerprint density at radius 3 is 2.57 bits per heavy atom. The Hall–Kier alpha value is -2.94. The highest BCUT2D eigenvalue weighted by Crippen LogP contribution is 2.34. The lowest BCUT2D eigenvalue weighted by Crippen LogP contribution is -2.26. The minimum Gasteiger partial charge on any atom is -0.370 e. The molecule has 0 saturated carbocycles. The van der Waals surface area contributed by atoms with E-state index in [1.807, 2.05) is 17.5 Å². The van der Waals surface area contributed by atoms with Crippen molar-refractivity contribution in [3.63, 3.8) is 0 Å². The Bertz CT molecular complexity index is 719. The second-order valence-electron chi connectivity index (χ2n) is 3.94. The summed E-state index contributed by atoms with van der Waals surface area (Å²) < 4.78 is 0. The molecular formula is C12H12N6O2S. The van der Waals surface area contributed by atoms with Gasteiger partial charge in [0.15, 0.2) is 5.96 Å². The molecule has 0 fully saturated rings. The van der Waals surface area contributed by atoms with Crippen LogP contribution in [0.4, 0.5) is 11.4 Å². The molecule has 0 radical (unpaired) electrons. The monoisotopic (exact) mass is 304 g/mol. The van der Waals surface area contributed by atoms with Gasteiger partial charge in [-0.15, -0.1) is 11.3 Å². The van der Waals surface area contributed by atoms with Crippen molar-refractivity contribution in [2.45, 2.75) is 0 Å². The molecule has 0 atom stereocenters. The molecule has 1 aromatic heterocycles. The first-order valence-corrected chi connectivity index (χ1v) is 6.61. The number of nitro groups is 1. The van der Waals surface area contributed by atoms with E-state index in [1.165, 1.54) is 17.4 Å². The van der Waals surface area contributed by atoms with Gasteiger partial charge in [0.25, 0.3) is 5.69 Å². The van der Waals surface area contributed by atoms with Crippen molar-refractivity contribution < 1.29 is 4.92 Å². The average Bonchev–Trinajstić information content (AvgIpc) is 2.90. The highest BCUT2D eigenvalue weighted by molar-refractivity contribution is 7.13. The van der Waals surface area contributed by atoms with Crippen LogP contribution < -0.4 is 17.2 Å². The van der Waals surface area contributed by atoms with Crippen LogP contribution in [0.15, 0.2) is 45.7 Å². The van der Waals surface area contributed by atoms with Crippen molar-refractivity contribution in [3.8, 4) is 10.4 Å². The number of thiophene rings is 1. The number of guanidine groups is 2. The van der Waals surface area contributed by atoms with E-state index in [0.717, 1.165) is 10.4 Å². The Balaban J connectivity index is 2.53. The van der Waals surface area contributed by atoms with Crippen molar-refractivity contribution in [3.05, 3.63) is 45.8 Å². The van der Waals surface area contributed by atoms with Gasteiger partial charge in [-0.25, -0.2) is 4.99 Å². The highest BCUT2D eigenvalue weighted by atomic mass is 32.1. The smallest absolute Gasteiger partial charge is 0.295 e. The Kier molecular flexibility index (Phi) is 4.14. The highest BCUT2D eigenvalue weighted by Gasteiger charge is 2.15. The third-order valence-corrected chi connectivity index (χ3v) is 3.38. The number of nitro benzene ring substituents is 1. The third-order valence-electron chi connectivity index (χ3n) is 2.46. The zero-order valence-electron chi connectivity index (χ0n) is 10.8. The molecule has 2 aromatic rings. The van der Waals surface area contributed by atoms with Gasteiger partial charge in [-0.3, -0.25) is 10.1 Å². The van der Waals surface area contributed by atoms with Crippen LogP contribution in [0.25, 0.3) is 10.4 Å². The Morgan fingerprint density at radius 2 is 2.00 bits per heavy atom. The molecule has 21 heavy (non-hydrogen) atoms. The summed E-state index contributed by atoms with van der Waals surface area (Å²) in [7, 11) is 0. The quantitative estimate of drug-likeness (QED) is 0.340. The lowest BCUT2D eigenvalue weighted by Gasteiger charge is -2.02. The minimum atomic E-state index is -0.542. The lowest BCUT2D eigenvalue weighted by atomic mass is 10.1. The van der Waals surface area contributed by atoms with Crippen LogP contribution in [-0.2, 0) is 0 Å². The maximum Gasteiger partial charge on any atom is 0.295 e. The zero-order valence-corrected chi connectivity index (χ0v) is 11.6. The van der Waals surface area contributed by atoms with Gasteiger partial charge in [0, 0.05) is 10.9 Å². The first-order valence-electron chi connectivity index (χ1n) is 5.73. The topological polar surface area (TPSA) is 146 Å².